The molecular formula is C17H14FN3O2S. The first-order valence-electron chi connectivity index (χ1n) is 7.20. The number of rotatable bonds is 2. The van der Waals surface area contributed by atoms with Crippen LogP contribution >= 0.6 is 12.2 Å². The van der Waals surface area contributed by atoms with Gasteiger partial charge in [-0.25, -0.2) is 4.39 Å². The number of para-hydroxylation sites is 1. The Balaban J connectivity index is 2.09. The van der Waals surface area contributed by atoms with Crippen LogP contribution in [0.1, 0.15) is 17.0 Å². The highest BCUT2D eigenvalue weighted by molar-refractivity contribution is 7.80. The molecule has 24 heavy (non-hydrogen) atoms. The van der Waals surface area contributed by atoms with Crippen molar-refractivity contribution in [2.24, 2.45) is 0 Å². The van der Waals surface area contributed by atoms with Crippen molar-refractivity contribution in [3.8, 4) is 5.69 Å². The molecule has 0 bridgehead atoms. The second kappa shape index (κ2) is 6.01. The highest BCUT2D eigenvalue weighted by Gasteiger charge is 2.26. The average molecular weight is 343 g/mol. The lowest BCUT2D eigenvalue weighted by atomic mass is 10.1. The molecule has 0 aliphatic carbocycles. The van der Waals surface area contributed by atoms with Gasteiger partial charge in [0.2, 0.25) is 0 Å². The SMILES string of the molecule is Cc1cc(C=C2C(=O)NC(=S)NC2=O)c(C)n1-c1ccccc1F. The lowest BCUT2D eigenvalue weighted by Gasteiger charge is -2.16. The van der Waals surface area contributed by atoms with E-state index < -0.39 is 11.8 Å². The molecule has 0 radical (unpaired) electrons. The summed E-state index contributed by atoms with van der Waals surface area (Å²) in [6.45, 7) is 3.63. The van der Waals surface area contributed by atoms with Crippen LogP contribution < -0.4 is 10.6 Å². The molecule has 5 nitrogen and oxygen atoms in total. The summed E-state index contributed by atoms with van der Waals surface area (Å²) in [6.07, 6.45) is 1.48. The number of benzene rings is 1. The fraction of sp³-hybridized carbons (Fsp3) is 0.118. The zero-order valence-electron chi connectivity index (χ0n) is 13.0. The molecule has 0 atom stereocenters. The first-order valence-corrected chi connectivity index (χ1v) is 7.61. The fourth-order valence-electron chi connectivity index (χ4n) is 2.70. The van der Waals surface area contributed by atoms with Crippen molar-refractivity contribution in [2.45, 2.75) is 13.8 Å². The molecule has 1 aromatic carbocycles. The van der Waals surface area contributed by atoms with E-state index in [4.69, 9.17) is 12.2 Å². The molecule has 3 rings (SSSR count). The standard InChI is InChI=1S/C17H14FN3O2S/c1-9-7-11(8-12-15(22)19-17(24)20-16(12)23)10(2)21(9)14-6-4-3-5-13(14)18/h3-8H,1-2H3,(H2,19,20,22,23,24). The third-order valence-corrected chi connectivity index (χ3v) is 4.01. The van der Waals surface area contributed by atoms with E-state index in [0.717, 1.165) is 11.4 Å². The van der Waals surface area contributed by atoms with E-state index in [9.17, 15) is 14.0 Å². The summed E-state index contributed by atoms with van der Waals surface area (Å²) in [5.41, 5.74) is 2.53. The van der Waals surface area contributed by atoms with Crippen molar-refractivity contribution in [2.75, 3.05) is 0 Å². The fourth-order valence-corrected chi connectivity index (χ4v) is 2.88. The first-order chi connectivity index (χ1) is 11.4. The van der Waals surface area contributed by atoms with Crippen LogP contribution in [0.25, 0.3) is 11.8 Å². The number of aryl methyl sites for hydroxylation is 1. The molecule has 1 fully saturated rings. The van der Waals surface area contributed by atoms with Crippen LogP contribution in [0.15, 0.2) is 35.9 Å². The van der Waals surface area contributed by atoms with Crippen molar-refractivity contribution in [3.63, 3.8) is 0 Å². The average Bonchev–Trinajstić information content (AvgIpc) is 2.78. The quantitative estimate of drug-likeness (QED) is 0.499. The minimum absolute atomic E-state index is 0.0148. The minimum atomic E-state index is -0.556. The normalized spacial score (nSPS) is 14.5. The molecule has 0 unspecified atom stereocenters. The second-order valence-corrected chi connectivity index (χ2v) is 5.82. The Labute approximate surface area is 143 Å². The maximum absolute atomic E-state index is 14.1. The van der Waals surface area contributed by atoms with E-state index in [0.29, 0.717) is 11.3 Å². The molecule has 122 valence electrons. The number of halogens is 1. The highest BCUT2D eigenvalue weighted by Crippen LogP contribution is 2.24. The zero-order chi connectivity index (χ0) is 17.4. The molecule has 2 amide bonds. The lowest BCUT2D eigenvalue weighted by molar-refractivity contribution is -0.123. The molecule has 0 saturated carbocycles. The van der Waals surface area contributed by atoms with Crippen molar-refractivity contribution in [1.82, 2.24) is 15.2 Å². The summed E-state index contributed by atoms with van der Waals surface area (Å²) < 4.78 is 15.8. The van der Waals surface area contributed by atoms with Crippen molar-refractivity contribution in [1.29, 1.82) is 0 Å². The Morgan fingerprint density at radius 1 is 1.12 bits per heavy atom. The van der Waals surface area contributed by atoms with Gasteiger partial charge in [-0.2, -0.15) is 0 Å². The maximum atomic E-state index is 14.1. The molecule has 1 saturated heterocycles. The highest BCUT2D eigenvalue weighted by atomic mass is 32.1. The zero-order valence-corrected chi connectivity index (χ0v) is 13.8. The van der Waals surface area contributed by atoms with Crippen molar-refractivity contribution in [3.05, 3.63) is 58.7 Å². The van der Waals surface area contributed by atoms with Crippen LogP contribution in [0, 0.1) is 19.7 Å². The van der Waals surface area contributed by atoms with Gasteiger partial charge in [-0.3, -0.25) is 20.2 Å². The molecule has 1 aliphatic heterocycles. The predicted octanol–water partition coefficient (Wildman–Crippen LogP) is 2.15. The van der Waals surface area contributed by atoms with Gasteiger partial charge in [-0.05, 0) is 55.9 Å². The first kappa shape index (κ1) is 16.1. The van der Waals surface area contributed by atoms with E-state index in [1.54, 1.807) is 35.8 Å². The Kier molecular flexibility index (Phi) is 4.02. The van der Waals surface area contributed by atoms with Crippen LogP contribution in [0.5, 0.6) is 0 Å². The molecule has 7 heteroatoms. The van der Waals surface area contributed by atoms with Gasteiger partial charge in [0.15, 0.2) is 5.11 Å². The van der Waals surface area contributed by atoms with Crippen LogP contribution in [0.4, 0.5) is 4.39 Å². The van der Waals surface area contributed by atoms with E-state index in [-0.39, 0.29) is 16.5 Å². The van der Waals surface area contributed by atoms with Gasteiger partial charge in [-0.15, -0.1) is 0 Å². The summed E-state index contributed by atoms with van der Waals surface area (Å²) in [6, 6.07) is 8.22. The number of hydrogen-bond donors (Lipinski definition) is 2. The number of nitrogens with zero attached hydrogens (tertiary/aromatic N) is 1. The second-order valence-electron chi connectivity index (χ2n) is 5.41. The molecule has 1 aromatic heterocycles. The van der Waals surface area contributed by atoms with E-state index in [2.05, 4.69) is 10.6 Å². The third kappa shape index (κ3) is 2.74. The number of hydrogen-bond acceptors (Lipinski definition) is 3. The van der Waals surface area contributed by atoms with E-state index >= 15 is 0 Å². The molecule has 0 spiro atoms. The number of aromatic nitrogens is 1. The van der Waals surface area contributed by atoms with Crippen molar-refractivity contribution < 1.29 is 14.0 Å². The molecule has 1 aliphatic rings. The van der Waals surface area contributed by atoms with Gasteiger partial charge in [0, 0.05) is 11.4 Å². The molecule has 2 heterocycles. The summed E-state index contributed by atoms with van der Waals surface area (Å²) in [5.74, 6) is -1.46. The summed E-state index contributed by atoms with van der Waals surface area (Å²) in [5, 5.41) is 4.76. The lowest BCUT2D eigenvalue weighted by Crippen LogP contribution is -2.51. The monoisotopic (exact) mass is 343 g/mol. The van der Waals surface area contributed by atoms with Gasteiger partial charge in [0.1, 0.15) is 11.4 Å². The minimum Gasteiger partial charge on any atom is -0.315 e. The van der Waals surface area contributed by atoms with Gasteiger partial charge < -0.3 is 4.57 Å². The van der Waals surface area contributed by atoms with Crippen LogP contribution in [0.3, 0.4) is 0 Å². The molecule has 2 aromatic rings. The maximum Gasteiger partial charge on any atom is 0.263 e. The number of thiocarbonyl (C=S) groups is 1. The summed E-state index contributed by atoms with van der Waals surface area (Å²) in [4.78, 5) is 23.9. The van der Waals surface area contributed by atoms with Gasteiger partial charge in [0.05, 0.1) is 5.69 Å². The van der Waals surface area contributed by atoms with E-state index in [1.807, 2.05) is 6.92 Å². The number of amides is 2. The van der Waals surface area contributed by atoms with Gasteiger partial charge in [-0.1, -0.05) is 12.1 Å². The summed E-state index contributed by atoms with van der Waals surface area (Å²) >= 11 is 4.77. The van der Waals surface area contributed by atoms with Crippen LogP contribution in [-0.2, 0) is 9.59 Å². The Morgan fingerprint density at radius 2 is 1.75 bits per heavy atom. The smallest absolute Gasteiger partial charge is 0.263 e. The van der Waals surface area contributed by atoms with Crippen LogP contribution in [0.2, 0.25) is 0 Å². The largest absolute Gasteiger partial charge is 0.315 e. The Bertz CT molecular complexity index is 893. The number of carbonyl (C=O) groups excluding carboxylic acids is 2. The van der Waals surface area contributed by atoms with Crippen LogP contribution in [-0.4, -0.2) is 21.5 Å². The van der Waals surface area contributed by atoms with E-state index in [1.165, 1.54) is 12.1 Å². The topological polar surface area (TPSA) is 63.1 Å². The summed E-state index contributed by atoms with van der Waals surface area (Å²) in [7, 11) is 0. The van der Waals surface area contributed by atoms with Crippen molar-refractivity contribution >= 4 is 35.2 Å². The Hall–Kier alpha value is -2.80. The third-order valence-electron chi connectivity index (χ3n) is 3.81. The van der Waals surface area contributed by atoms with Gasteiger partial charge >= 0.3 is 0 Å². The van der Waals surface area contributed by atoms with Gasteiger partial charge in [0.25, 0.3) is 11.8 Å². The molecule has 2 N–H and O–H groups in total. The number of nitrogens with one attached hydrogen (secondary N) is 2. The predicted molar refractivity (Wildman–Crippen MR) is 92.1 cm³/mol. The molecular weight excluding hydrogens is 329 g/mol. The Morgan fingerprint density at radius 3 is 2.38 bits per heavy atom. The number of carbonyl (C=O) groups is 2.